The van der Waals surface area contributed by atoms with E-state index in [1.165, 1.54) is 6.92 Å². The van der Waals surface area contributed by atoms with E-state index >= 15 is 0 Å². The molecular formula is C23H25NO6. The van der Waals surface area contributed by atoms with Gasteiger partial charge in [-0.3, -0.25) is 14.9 Å². The standard InChI is InChI=1S/C23H25NO6/c1-15(25)19-18(12-24(26)27)20-22(28-13-16-8-4-2-5-9-16)23(21(19)30-20)29-14-17-10-6-3-7-11-17/h2-11,18-23H,12-14H2,1H3/t18-,19-,20+,21-,22+,23-/m0/s1. The maximum atomic E-state index is 12.3. The minimum Gasteiger partial charge on any atom is -0.368 e. The molecular weight excluding hydrogens is 386 g/mol. The van der Waals surface area contributed by atoms with E-state index in [-0.39, 0.29) is 17.3 Å². The first-order valence-electron chi connectivity index (χ1n) is 10.1. The van der Waals surface area contributed by atoms with Gasteiger partial charge in [-0.15, -0.1) is 0 Å². The van der Waals surface area contributed by atoms with Gasteiger partial charge in [-0.25, -0.2) is 0 Å². The number of rotatable bonds is 9. The first-order chi connectivity index (χ1) is 14.5. The molecule has 0 saturated carbocycles. The molecule has 0 N–H and O–H groups in total. The first kappa shape index (κ1) is 20.7. The van der Waals surface area contributed by atoms with Gasteiger partial charge in [0.05, 0.1) is 37.3 Å². The Hall–Kier alpha value is -2.61. The fraction of sp³-hybridized carbons (Fsp3) is 0.435. The number of carbonyl (C=O) groups excluding carboxylic acids is 1. The van der Waals surface area contributed by atoms with Crippen LogP contribution < -0.4 is 0 Å². The predicted octanol–water partition coefficient (Wildman–Crippen LogP) is 3.04. The van der Waals surface area contributed by atoms with Crippen molar-refractivity contribution in [2.75, 3.05) is 6.54 Å². The Labute approximate surface area is 175 Å². The number of ketones is 1. The van der Waals surface area contributed by atoms with E-state index in [0.29, 0.717) is 13.2 Å². The largest absolute Gasteiger partial charge is 0.368 e. The smallest absolute Gasteiger partial charge is 0.210 e. The lowest BCUT2D eigenvalue weighted by atomic mass is 9.74. The van der Waals surface area contributed by atoms with Crippen LogP contribution in [0.15, 0.2) is 60.7 Å². The zero-order valence-corrected chi connectivity index (χ0v) is 16.8. The van der Waals surface area contributed by atoms with Crippen LogP contribution in [-0.4, -0.2) is 41.7 Å². The second-order valence-corrected chi connectivity index (χ2v) is 7.90. The van der Waals surface area contributed by atoms with Crippen molar-refractivity contribution in [1.29, 1.82) is 0 Å². The van der Waals surface area contributed by atoms with Crippen molar-refractivity contribution in [3.63, 3.8) is 0 Å². The van der Waals surface area contributed by atoms with Crippen molar-refractivity contribution < 1.29 is 23.9 Å². The number of nitrogens with zero attached hydrogens (tertiary/aromatic N) is 1. The van der Waals surface area contributed by atoms with Gasteiger partial charge in [0.25, 0.3) is 0 Å². The molecule has 0 amide bonds. The average Bonchev–Trinajstić information content (AvgIpc) is 3.27. The molecule has 7 heteroatoms. The van der Waals surface area contributed by atoms with Crippen molar-refractivity contribution in [2.45, 2.75) is 44.6 Å². The summed E-state index contributed by atoms with van der Waals surface area (Å²) in [5.74, 6) is -1.18. The maximum Gasteiger partial charge on any atom is 0.210 e. The number of fused-ring (bicyclic) bond motifs is 2. The number of benzene rings is 2. The van der Waals surface area contributed by atoms with Crippen molar-refractivity contribution in [1.82, 2.24) is 0 Å². The van der Waals surface area contributed by atoms with Gasteiger partial charge < -0.3 is 14.2 Å². The van der Waals surface area contributed by atoms with Crippen LogP contribution in [0.3, 0.4) is 0 Å². The van der Waals surface area contributed by atoms with E-state index in [4.69, 9.17) is 14.2 Å². The van der Waals surface area contributed by atoms with Gasteiger partial charge >= 0.3 is 0 Å². The molecule has 0 unspecified atom stereocenters. The summed E-state index contributed by atoms with van der Waals surface area (Å²) in [5.41, 5.74) is 2.00. The highest BCUT2D eigenvalue weighted by Crippen LogP contribution is 2.47. The molecule has 0 aromatic heterocycles. The molecule has 2 fully saturated rings. The summed E-state index contributed by atoms with van der Waals surface area (Å²) in [4.78, 5) is 23.2. The number of Topliss-reactive ketones (excluding diaryl/α,β-unsaturated/α-hetero) is 1. The van der Waals surface area contributed by atoms with E-state index in [1.54, 1.807) is 0 Å². The fourth-order valence-electron chi connectivity index (χ4n) is 4.63. The Morgan fingerprint density at radius 2 is 1.43 bits per heavy atom. The number of nitro groups is 1. The molecule has 2 aliphatic rings. The summed E-state index contributed by atoms with van der Waals surface area (Å²) in [6.07, 6.45) is -2.02. The molecule has 0 radical (unpaired) electrons. The van der Waals surface area contributed by atoms with Crippen LogP contribution in [0.1, 0.15) is 18.1 Å². The quantitative estimate of drug-likeness (QED) is 0.466. The van der Waals surface area contributed by atoms with E-state index in [0.717, 1.165) is 11.1 Å². The van der Waals surface area contributed by atoms with E-state index < -0.39 is 36.3 Å². The molecule has 2 aliphatic heterocycles. The Bertz CT molecular complexity index is 874. The lowest BCUT2D eigenvalue weighted by Gasteiger charge is -2.35. The number of ether oxygens (including phenoxy) is 3. The zero-order chi connectivity index (χ0) is 21.1. The van der Waals surface area contributed by atoms with Gasteiger partial charge in [-0.05, 0) is 18.1 Å². The molecule has 6 atom stereocenters. The summed E-state index contributed by atoms with van der Waals surface area (Å²) in [6.45, 7) is 1.85. The molecule has 2 bridgehead atoms. The van der Waals surface area contributed by atoms with Crippen molar-refractivity contribution in [3.05, 3.63) is 81.9 Å². The minimum absolute atomic E-state index is 0.107. The average molecular weight is 411 g/mol. The van der Waals surface area contributed by atoms with E-state index in [1.807, 2.05) is 60.7 Å². The predicted molar refractivity (Wildman–Crippen MR) is 108 cm³/mol. The normalized spacial score (nSPS) is 29.8. The summed E-state index contributed by atoms with van der Waals surface area (Å²) < 4.78 is 18.5. The van der Waals surface area contributed by atoms with E-state index in [9.17, 15) is 14.9 Å². The Morgan fingerprint density at radius 1 is 0.933 bits per heavy atom. The van der Waals surface area contributed by atoms with Crippen molar-refractivity contribution >= 4 is 5.78 Å². The minimum atomic E-state index is -0.558. The highest BCUT2D eigenvalue weighted by Gasteiger charge is 2.63. The third kappa shape index (κ3) is 4.28. The molecule has 7 nitrogen and oxygen atoms in total. The molecule has 2 aromatic rings. The molecule has 30 heavy (non-hydrogen) atoms. The highest BCUT2D eigenvalue weighted by molar-refractivity contribution is 5.80. The van der Waals surface area contributed by atoms with Crippen LogP contribution in [0.4, 0.5) is 0 Å². The topological polar surface area (TPSA) is 87.9 Å². The third-order valence-corrected chi connectivity index (χ3v) is 5.92. The Kier molecular flexibility index (Phi) is 6.22. The van der Waals surface area contributed by atoms with Crippen molar-refractivity contribution in [2.24, 2.45) is 11.8 Å². The second-order valence-electron chi connectivity index (χ2n) is 7.90. The van der Waals surface area contributed by atoms with Gasteiger partial charge in [-0.2, -0.15) is 0 Å². The molecule has 2 heterocycles. The highest BCUT2D eigenvalue weighted by atomic mass is 16.6. The van der Waals surface area contributed by atoms with Crippen LogP contribution in [0.5, 0.6) is 0 Å². The second kappa shape index (κ2) is 9.04. The third-order valence-electron chi connectivity index (χ3n) is 5.92. The lowest BCUT2D eigenvalue weighted by molar-refractivity contribution is -0.491. The van der Waals surface area contributed by atoms with Gasteiger partial charge in [0.15, 0.2) is 0 Å². The number of hydrogen-bond acceptors (Lipinski definition) is 6. The lowest BCUT2D eigenvalue weighted by Crippen LogP contribution is -2.52. The zero-order valence-electron chi connectivity index (χ0n) is 16.8. The monoisotopic (exact) mass is 411 g/mol. The van der Waals surface area contributed by atoms with Gasteiger partial charge in [0.1, 0.15) is 18.0 Å². The van der Waals surface area contributed by atoms with E-state index in [2.05, 4.69) is 0 Å². The summed E-state index contributed by atoms with van der Waals surface area (Å²) >= 11 is 0. The van der Waals surface area contributed by atoms with Crippen LogP contribution in [0.2, 0.25) is 0 Å². The van der Waals surface area contributed by atoms with Crippen LogP contribution in [0.25, 0.3) is 0 Å². The molecule has 4 rings (SSSR count). The molecule has 0 aliphatic carbocycles. The fourth-order valence-corrected chi connectivity index (χ4v) is 4.63. The number of carbonyl (C=O) groups is 1. The molecule has 2 aromatic carbocycles. The van der Waals surface area contributed by atoms with Gasteiger partial charge in [0.2, 0.25) is 6.54 Å². The van der Waals surface area contributed by atoms with Crippen molar-refractivity contribution in [3.8, 4) is 0 Å². The maximum absolute atomic E-state index is 12.3. The van der Waals surface area contributed by atoms with Gasteiger partial charge in [0, 0.05) is 4.92 Å². The molecule has 0 spiro atoms. The Morgan fingerprint density at radius 3 is 1.90 bits per heavy atom. The van der Waals surface area contributed by atoms with Crippen LogP contribution >= 0.6 is 0 Å². The summed E-state index contributed by atoms with van der Waals surface area (Å²) in [7, 11) is 0. The first-order valence-corrected chi connectivity index (χ1v) is 10.1. The Balaban J connectivity index is 1.54. The van der Waals surface area contributed by atoms with Crippen LogP contribution in [0, 0.1) is 22.0 Å². The number of hydrogen-bond donors (Lipinski definition) is 0. The summed E-state index contributed by atoms with van der Waals surface area (Å²) in [5, 5.41) is 11.2. The van der Waals surface area contributed by atoms with Gasteiger partial charge in [-0.1, -0.05) is 60.7 Å². The SMILES string of the molecule is CC(=O)[C@H]1[C@H](C[N+](=O)[O-])[C@H]2O[C@@H]1[C@H](OCc1ccccc1)[C@@H]2OCc1ccccc1. The molecule has 158 valence electrons. The summed E-state index contributed by atoms with van der Waals surface area (Å²) in [6, 6.07) is 19.4. The van der Waals surface area contributed by atoms with Crippen LogP contribution in [-0.2, 0) is 32.2 Å². The molecule has 2 saturated heterocycles.